The molecule has 3 amide bonds. The Morgan fingerprint density at radius 2 is 1.63 bits per heavy atom. The molecule has 0 saturated heterocycles. The van der Waals surface area contributed by atoms with Crippen molar-refractivity contribution in [3.63, 3.8) is 0 Å². The van der Waals surface area contributed by atoms with Gasteiger partial charge in [-0.1, -0.05) is 36.4 Å². The van der Waals surface area contributed by atoms with Gasteiger partial charge in [-0.15, -0.1) is 0 Å². The van der Waals surface area contributed by atoms with Crippen LogP contribution in [-0.2, 0) is 14.4 Å². The van der Waals surface area contributed by atoms with Crippen LogP contribution in [0.15, 0.2) is 77.9 Å². The Bertz CT molecular complexity index is 1210. The Labute approximate surface area is 204 Å². The van der Waals surface area contributed by atoms with Crippen molar-refractivity contribution in [2.45, 2.75) is 26.8 Å². The molecule has 0 spiro atoms. The van der Waals surface area contributed by atoms with Crippen LogP contribution in [0.25, 0.3) is 0 Å². The second kappa shape index (κ2) is 12.1. The molecule has 8 nitrogen and oxygen atoms in total. The maximum Gasteiger partial charge on any atom is 0.329 e. The van der Waals surface area contributed by atoms with Crippen molar-refractivity contribution in [3.8, 4) is 5.75 Å². The van der Waals surface area contributed by atoms with Gasteiger partial charge >= 0.3 is 11.8 Å². The second-order valence-corrected chi connectivity index (χ2v) is 8.01. The van der Waals surface area contributed by atoms with Crippen LogP contribution in [0.2, 0.25) is 0 Å². The number of hydrogen-bond acceptors (Lipinski definition) is 5. The Morgan fingerprint density at radius 3 is 2.31 bits per heavy atom. The van der Waals surface area contributed by atoms with Crippen LogP contribution in [0.3, 0.4) is 0 Å². The normalized spacial score (nSPS) is 11.5. The molecule has 1 atom stereocenters. The van der Waals surface area contributed by atoms with Crippen LogP contribution in [0.5, 0.6) is 5.75 Å². The first-order chi connectivity index (χ1) is 16.8. The van der Waals surface area contributed by atoms with Gasteiger partial charge in [0.25, 0.3) is 5.91 Å². The number of amides is 3. The van der Waals surface area contributed by atoms with E-state index < -0.39 is 11.8 Å². The lowest BCUT2D eigenvalue weighted by Crippen LogP contribution is -2.32. The van der Waals surface area contributed by atoms with E-state index in [1.807, 2.05) is 57.2 Å². The van der Waals surface area contributed by atoms with Crippen molar-refractivity contribution in [3.05, 3.63) is 95.1 Å². The third-order valence-corrected chi connectivity index (χ3v) is 5.28. The Kier molecular flexibility index (Phi) is 8.72. The number of carbonyl (C=O) groups is 3. The van der Waals surface area contributed by atoms with E-state index in [1.54, 1.807) is 36.4 Å². The second-order valence-electron chi connectivity index (χ2n) is 8.01. The van der Waals surface area contributed by atoms with E-state index in [0.29, 0.717) is 17.0 Å². The van der Waals surface area contributed by atoms with E-state index >= 15 is 0 Å². The molecule has 8 heteroatoms. The van der Waals surface area contributed by atoms with Gasteiger partial charge in [0.1, 0.15) is 5.75 Å². The highest BCUT2D eigenvalue weighted by atomic mass is 16.5. The minimum atomic E-state index is -0.879. The van der Waals surface area contributed by atoms with Crippen molar-refractivity contribution >= 4 is 29.6 Å². The molecule has 180 valence electrons. The summed E-state index contributed by atoms with van der Waals surface area (Å²) >= 11 is 0. The Hall–Kier alpha value is -4.46. The van der Waals surface area contributed by atoms with Crippen LogP contribution in [0.4, 0.5) is 5.69 Å². The van der Waals surface area contributed by atoms with E-state index in [1.165, 1.54) is 6.21 Å². The highest BCUT2D eigenvalue weighted by Crippen LogP contribution is 2.14. The number of benzene rings is 3. The number of anilines is 1. The molecule has 0 saturated carbocycles. The summed E-state index contributed by atoms with van der Waals surface area (Å²) in [5.41, 5.74) is 6.53. The van der Waals surface area contributed by atoms with Gasteiger partial charge in [-0.05, 0) is 79.4 Å². The molecule has 3 rings (SSSR count). The number of hydrogen-bond donors (Lipinski definition) is 3. The van der Waals surface area contributed by atoms with Crippen LogP contribution in [0, 0.1) is 13.8 Å². The van der Waals surface area contributed by atoms with Gasteiger partial charge in [0.2, 0.25) is 0 Å². The zero-order valence-electron chi connectivity index (χ0n) is 19.9. The van der Waals surface area contributed by atoms with E-state index in [9.17, 15) is 14.4 Å². The standard InChI is InChI=1S/C27H28N4O4/c1-18-9-12-23(15-19(18)2)30-26(33)27(34)31-28-16-21-10-13-24(14-11-21)35-17-25(32)29-20(3)22-7-5-4-6-8-22/h4-16,20H,17H2,1-3H3,(H,29,32)(H,30,33)(H,31,34)/b28-16-/t20-/m1/s1. The average molecular weight is 473 g/mol. The summed E-state index contributed by atoms with van der Waals surface area (Å²) in [7, 11) is 0. The summed E-state index contributed by atoms with van der Waals surface area (Å²) in [4.78, 5) is 36.1. The van der Waals surface area contributed by atoms with Crippen molar-refractivity contribution < 1.29 is 19.1 Å². The summed E-state index contributed by atoms with van der Waals surface area (Å²) in [5, 5.41) is 9.23. The molecular weight excluding hydrogens is 444 g/mol. The highest BCUT2D eigenvalue weighted by molar-refractivity contribution is 6.39. The summed E-state index contributed by atoms with van der Waals surface area (Å²) in [5.74, 6) is -1.40. The largest absolute Gasteiger partial charge is 0.484 e. The monoisotopic (exact) mass is 472 g/mol. The lowest BCUT2D eigenvalue weighted by Gasteiger charge is -2.14. The van der Waals surface area contributed by atoms with Gasteiger partial charge in [-0.3, -0.25) is 14.4 Å². The number of rotatable bonds is 8. The van der Waals surface area contributed by atoms with Gasteiger partial charge in [-0.2, -0.15) is 5.10 Å². The fraction of sp³-hybridized carbons (Fsp3) is 0.185. The molecule has 35 heavy (non-hydrogen) atoms. The van der Waals surface area contributed by atoms with Gasteiger partial charge in [0.15, 0.2) is 6.61 Å². The number of nitrogens with one attached hydrogen (secondary N) is 3. The predicted molar refractivity (Wildman–Crippen MR) is 135 cm³/mol. The number of ether oxygens (including phenoxy) is 1. The Balaban J connectivity index is 1.42. The van der Waals surface area contributed by atoms with Crippen LogP contribution in [-0.4, -0.2) is 30.5 Å². The predicted octanol–water partition coefficient (Wildman–Crippen LogP) is 3.65. The smallest absolute Gasteiger partial charge is 0.329 e. The SMILES string of the molecule is Cc1ccc(NC(=O)C(=O)N/N=C\c2ccc(OCC(=O)N[C@H](C)c3ccccc3)cc2)cc1C. The molecule has 3 N–H and O–H groups in total. The molecule has 0 aliphatic carbocycles. The summed E-state index contributed by atoms with van der Waals surface area (Å²) in [6.07, 6.45) is 1.40. The molecule has 0 radical (unpaired) electrons. The number of aryl methyl sites for hydroxylation is 2. The summed E-state index contributed by atoms with van der Waals surface area (Å²) in [6.45, 7) is 5.68. The van der Waals surface area contributed by atoms with Crippen molar-refractivity contribution in [1.29, 1.82) is 0 Å². The fourth-order valence-electron chi connectivity index (χ4n) is 3.13. The number of carbonyl (C=O) groups excluding carboxylic acids is 3. The van der Waals surface area contributed by atoms with Crippen LogP contribution < -0.4 is 20.8 Å². The highest BCUT2D eigenvalue weighted by Gasteiger charge is 2.13. The molecule has 0 unspecified atom stereocenters. The lowest BCUT2D eigenvalue weighted by atomic mass is 10.1. The van der Waals surface area contributed by atoms with Crippen LogP contribution >= 0.6 is 0 Å². The van der Waals surface area contributed by atoms with E-state index in [-0.39, 0.29) is 18.6 Å². The third-order valence-electron chi connectivity index (χ3n) is 5.28. The topological polar surface area (TPSA) is 109 Å². The molecule has 0 bridgehead atoms. The third kappa shape index (κ3) is 7.82. The van der Waals surface area contributed by atoms with Crippen molar-refractivity contribution in [2.24, 2.45) is 5.10 Å². The summed E-state index contributed by atoms with van der Waals surface area (Å²) < 4.78 is 5.53. The van der Waals surface area contributed by atoms with Gasteiger partial charge in [0, 0.05) is 5.69 Å². The van der Waals surface area contributed by atoms with Gasteiger partial charge in [-0.25, -0.2) is 5.43 Å². The maximum atomic E-state index is 12.1. The average Bonchev–Trinajstić information content (AvgIpc) is 2.86. The molecule has 0 fully saturated rings. The first-order valence-corrected chi connectivity index (χ1v) is 11.1. The molecule has 0 aromatic heterocycles. The molecule has 0 aliphatic rings. The van der Waals surface area contributed by atoms with Crippen LogP contribution in [0.1, 0.15) is 35.2 Å². The summed E-state index contributed by atoms with van der Waals surface area (Å²) in [6, 6.07) is 21.7. The van der Waals surface area contributed by atoms with Gasteiger partial charge < -0.3 is 15.4 Å². The maximum absolute atomic E-state index is 12.1. The van der Waals surface area contributed by atoms with E-state index in [2.05, 4.69) is 21.2 Å². The molecule has 3 aromatic carbocycles. The molecule has 0 heterocycles. The zero-order valence-corrected chi connectivity index (χ0v) is 19.9. The van der Waals surface area contributed by atoms with E-state index in [4.69, 9.17) is 4.74 Å². The molecular formula is C27H28N4O4. The van der Waals surface area contributed by atoms with E-state index in [0.717, 1.165) is 16.7 Å². The first-order valence-electron chi connectivity index (χ1n) is 11.1. The number of hydrazone groups is 1. The lowest BCUT2D eigenvalue weighted by molar-refractivity contribution is -0.136. The number of nitrogens with zero attached hydrogens (tertiary/aromatic N) is 1. The van der Waals surface area contributed by atoms with Crippen molar-refractivity contribution in [1.82, 2.24) is 10.7 Å². The molecule has 0 aliphatic heterocycles. The minimum absolute atomic E-state index is 0.115. The molecule has 3 aromatic rings. The van der Waals surface area contributed by atoms with Crippen molar-refractivity contribution in [2.75, 3.05) is 11.9 Å². The van der Waals surface area contributed by atoms with Gasteiger partial charge in [0.05, 0.1) is 12.3 Å². The minimum Gasteiger partial charge on any atom is -0.484 e. The quantitative estimate of drug-likeness (QED) is 0.264. The Morgan fingerprint density at radius 1 is 0.914 bits per heavy atom. The fourth-order valence-corrected chi connectivity index (χ4v) is 3.13. The zero-order chi connectivity index (χ0) is 25.2. The first kappa shape index (κ1) is 25.2.